The van der Waals surface area contributed by atoms with Crippen molar-refractivity contribution >= 4 is 17.3 Å². The lowest BCUT2D eigenvalue weighted by atomic mass is 10.3. The summed E-state index contributed by atoms with van der Waals surface area (Å²) in [6.45, 7) is 3.52. The first-order valence-corrected chi connectivity index (χ1v) is 8.03. The highest BCUT2D eigenvalue weighted by atomic mass is 32.1. The zero-order valence-electron chi connectivity index (χ0n) is 12.2. The lowest BCUT2D eigenvalue weighted by Gasteiger charge is -2.04. The summed E-state index contributed by atoms with van der Waals surface area (Å²) < 4.78 is 0. The van der Waals surface area contributed by atoms with Gasteiger partial charge in [0.25, 0.3) is 0 Å². The smallest absolute Gasteiger partial charge is 0.188 e. The number of aliphatic imine (C=N–C) groups is 1. The highest BCUT2D eigenvalue weighted by Gasteiger charge is 2.00. The van der Waals surface area contributed by atoms with Crippen LogP contribution in [-0.2, 0) is 19.3 Å². The molecule has 0 aliphatic carbocycles. The fraction of sp³-hybridized carbons (Fsp3) is 0.400. The second-order valence-corrected chi connectivity index (χ2v) is 5.54. The number of nitrogens with zero attached hydrogens (tertiary/aromatic N) is 3. The zero-order valence-corrected chi connectivity index (χ0v) is 13.1. The summed E-state index contributed by atoms with van der Waals surface area (Å²) in [4.78, 5) is 13.1. The van der Waals surface area contributed by atoms with Crippen LogP contribution in [0.25, 0.3) is 0 Å². The Morgan fingerprint density at radius 3 is 2.95 bits per heavy atom. The maximum atomic E-state index is 5.83. The molecule has 0 amide bonds. The number of aromatic nitrogens is 2. The van der Waals surface area contributed by atoms with Crippen LogP contribution in [-0.4, -0.2) is 29.0 Å². The lowest BCUT2D eigenvalue weighted by Crippen LogP contribution is -2.33. The molecule has 0 fully saturated rings. The van der Waals surface area contributed by atoms with Gasteiger partial charge in [0, 0.05) is 43.2 Å². The van der Waals surface area contributed by atoms with Gasteiger partial charge in [-0.25, -0.2) is 4.98 Å². The van der Waals surface area contributed by atoms with Crippen LogP contribution in [0.4, 0.5) is 0 Å². The summed E-state index contributed by atoms with van der Waals surface area (Å²) in [7, 11) is 0. The van der Waals surface area contributed by atoms with E-state index in [2.05, 4.69) is 32.6 Å². The molecule has 0 aromatic carbocycles. The lowest BCUT2D eigenvalue weighted by molar-refractivity contribution is 0.823. The highest BCUT2D eigenvalue weighted by Crippen LogP contribution is 2.10. The Morgan fingerprint density at radius 2 is 2.24 bits per heavy atom. The number of thiazole rings is 1. The molecule has 21 heavy (non-hydrogen) atoms. The molecule has 5 nitrogen and oxygen atoms in total. The second-order valence-electron chi connectivity index (χ2n) is 4.60. The average molecular weight is 303 g/mol. The molecular formula is C15H21N5S. The number of nitrogens with two attached hydrogens (primary N) is 1. The maximum Gasteiger partial charge on any atom is 0.188 e. The Balaban J connectivity index is 1.66. The van der Waals surface area contributed by atoms with Gasteiger partial charge in [-0.2, -0.15) is 0 Å². The van der Waals surface area contributed by atoms with E-state index >= 15 is 0 Å². The third-order valence-electron chi connectivity index (χ3n) is 2.97. The molecule has 112 valence electrons. The summed E-state index contributed by atoms with van der Waals surface area (Å²) in [5, 5.41) is 6.41. The molecule has 2 aromatic heterocycles. The molecule has 2 rings (SSSR count). The van der Waals surface area contributed by atoms with Crippen molar-refractivity contribution in [3.63, 3.8) is 0 Å². The standard InChI is InChI=1S/C15H21N5S/c1-2-14-20-13(11-21-14)7-10-19-15(16)18-9-6-12-5-3-4-8-17-12/h3-5,8,11H,2,6-7,9-10H2,1H3,(H3,16,18,19). The van der Waals surface area contributed by atoms with E-state index in [1.165, 1.54) is 5.01 Å². The molecule has 0 atom stereocenters. The maximum absolute atomic E-state index is 5.83. The minimum Gasteiger partial charge on any atom is -0.370 e. The normalized spacial score (nSPS) is 11.6. The third kappa shape index (κ3) is 5.51. The van der Waals surface area contributed by atoms with Crippen molar-refractivity contribution in [2.45, 2.75) is 26.2 Å². The van der Waals surface area contributed by atoms with E-state index in [9.17, 15) is 0 Å². The molecule has 6 heteroatoms. The predicted octanol–water partition coefficient (Wildman–Crippen LogP) is 1.79. The summed E-state index contributed by atoms with van der Waals surface area (Å²) in [6.07, 6.45) is 4.45. The Morgan fingerprint density at radius 1 is 1.33 bits per heavy atom. The molecule has 3 N–H and O–H groups in total. The Hall–Kier alpha value is -1.95. The minimum atomic E-state index is 0.483. The fourth-order valence-corrected chi connectivity index (χ4v) is 2.62. The Kier molecular flexibility index (Phi) is 6.15. The van der Waals surface area contributed by atoms with Gasteiger partial charge < -0.3 is 11.1 Å². The first kappa shape index (κ1) is 15.4. The number of hydrogen-bond acceptors (Lipinski definition) is 4. The molecule has 0 saturated carbocycles. The van der Waals surface area contributed by atoms with Gasteiger partial charge in [0.2, 0.25) is 0 Å². The van der Waals surface area contributed by atoms with Crippen LogP contribution in [0.2, 0.25) is 0 Å². The molecule has 0 unspecified atom stereocenters. The zero-order chi connectivity index (χ0) is 14.9. The SMILES string of the molecule is CCc1nc(CCNC(N)=NCCc2ccccn2)cs1. The summed E-state index contributed by atoms with van der Waals surface area (Å²) in [5.74, 6) is 0.483. The quantitative estimate of drug-likeness (QED) is 0.604. The highest BCUT2D eigenvalue weighted by molar-refractivity contribution is 7.09. The average Bonchev–Trinajstić information content (AvgIpc) is 2.96. The van der Waals surface area contributed by atoms with Crippen molar-refractivity contribution < 1.29 is 0 Å². The van der Waals surface area contributed by atoms with Crippen molar-refractivity contribution in [2.24, 2.45) is 10.7 Å². The number of aryl methyl sites for hydroxylation is 1. The van der Waals surface area contributed by atoms with Gasteiger partial charge in [0.15, 0.2) is 5.96 Å². The van der Waals surface area contributed by atoms with E-state index in [-0.39, 0.29) is 0 Å². The van der Waals surface area contributed by atoms with E-state index < -0.39 is 0 Å². The van der Waals surface area contributed by atoms with Gasteiger partial charge in [0.1, 0.15) is 0 Å². The molecule has 0 spiro atoms. The molecular weight excluding hydrogens is 282 g/mol. The van der Waals surface area contributed by atoms with Crippen LogP contribution >= 0.6 is 11.3 Å². The first-order chi connectivity index (χ1) is 10.3. The monoisotopic (exact) mass is 303 g/mol. The molecule has 0 aliphatic heterocycles. The molecule has 2 aromatic rings. The Labute approximate surface area is 129 Å². The van der Waals surface area contributed by atoms with Crippen LogP contribution in [0.15, 0.2) is 34.8 Å². The van der Waals surface area contributed by atoms with Crippen molar-refractivity contribution in [2.75, 3.05) is 13.1 Å². The van der Waals surface area contributed by atoms with Gasteiger partial charge in [-0.3, -0.25) is 9.98 Å². The van der Waals surface area contributed by atoms with Crippen LogP contribution < -0.4 is 11.1 Å². The summed E-state index contributed by atoms with van der Waals surface area (Å²) >= 11 is 1.71. The predicted molar refractivity (Wildman–Crippen MR) is 87.6 cm³/mol. The van der Waals surface area contributed by atoms with E-state index in [4.69, 9.17) is 5.73 Å². The van der Waals surface area contributed by atoms with Gasteiger partial charge in [-0.05, 0) is 18.6 Å². The van der Waals surface area contributed by atoms with E-state index in [0.29, 0.717) is 12.5 Å². The molecule has 0 saturated heterocycles. The van der Waals surface area contributed by atoms with Gasteiger partial charge in [-0.1, -0.05) is 13.0 Å². The van der Waals surface area contributed by atoms with Gasteiger partial charge >= 0.3 is 0 Å². The fourth-order valence-electron chi connectivity index (χ4n) is 1.84. The number of hydrogen-bond donors (Lipinski definition) is 2. The number of rotatable bonds is 7. The van der Waals surface area contributed by atoms with E-state index in [0.717, 1.165) is 37.2 Å². The molecule has 0 radical (unpaired) electrons. The van der Waals surface area contributed by atoms with Crippen LogP contribution in [0.1, 0.15) is 23.3 Å². The third-order valence-corrected chi connectivity index (χ3v) is 4.01. The van der Waals surface area contributed by atoms with Crippen LogP contribution in [0, 0.1) is 0 Å². The largest absolute Gasteiger partial charge is 0.370 e. The number of guanidine groups is 1. The summed E-state index contributed by atoms with van der Waals surface area (Å²) in [6, 6.07) is 5.88. The van der Waals surface area contributed by atoms with Gasteiger partial charge in [-0.15, -0.1) is 11.3 Å². The summed E-state index contributed by atoms with van der Waals surface area (Å²) in [5.41, 5.74) is 7.98. The minimum absolute atomic E-state index is 0.483. The van der Waals surface area contributed by atoms with Crippen molar-refractivity contribution in [3.05, 3.63) is 46.2 Å². The first-order valence-electron chi connectivity index (χ1n) is 7.15. The number of nitrogens with one attached hydrogen (secondary N) is 1. The van der Waals surface area contributed by atoms with Crippen molar-refractivity contribution in [3.8, 4) is 0 Å². The molecule has 2 heterocycles. The van der Waals surface area contributed by atoms with Crippen molar-refractivity contribution in [1.29, 1.82) is 0 Å². The number of pyridine rings is 1. The van der Waals surface area contributed by atoms with Crippen LogP contribution in [0.5, 0.6) is 0 Å². The van der Waals surface area contributed by atoms with E-state index in [1.807, 2.05) is 18.2 Å². The van der Waals surface area contributed by atoms with E-state index in [1.54, 1.807) is 17.5 Å². The molecule has 0 aliphatic rings. The van der Waals surface area contributed by atoms with Crippen molar-refractivity contribution in [1.82, 2.24) is 15.3 Å². The molecule has 0 bridgehead atoms. The Bertz CT molecular complexity index is 564. The van der Waals surface area contributed by atoms with Gasteiger partial charge in [0.05, 0.1) is 10.7 Å². The van der Waals surface area contributed by atoms with Crippen LogP contribution in [0.3, 0.4) is 0 Å². The topological polar surface area (TPSA) is 76.2 Å². The second kappa shape index (κ2) is 8.36.